The SMILES string of the molecule is CN1C(=O)/C(=C\c2cccn2C)SC1=Nc1cccnc1Cl. The van der Waals surface area contributed by atoms with Gasteiger partial charge in [0.05, 0.1) is 4.91 Å². The summed E-state index contributed by atoms with van der Waals surface area (Å²) in [4.78, 5) is 22.9. The molecule has 1 amide bonds. The molecule has 0 aromatic carbocycles. The third-order valence-electron chi connectivity index (χ3n) is 3.22. The summed E-state index contributed by atoms with van der Waals surface area (Å²) in [5.41, 5.74) is 1.51. The van der Waals surface area contributed by atoms with Crippen LogP contribution in [-0.2, 0) is 11.8 Å². The highest BCUT2D eigenvalue weighted by molar-refractivity contribution is 8.18. The van der Waals surface area contributed by atoms with E-state index in [9.17, 15) is 4.79 Å². The summed E-state index contributed by atoms with van der Waals surface area (Å²) in [7, 11) is 3.63. The van der Waals surface area contributed by atoms with Gasteiger partial charge in [0, 0.05) is 32.2 Å². The average molecular weight is 333 g/mol. The zero-order chi connectivity index (χ0) is 15.7. The summed E-state index contributed by atoms with van der Waals surface area (Å²) in [6.07, 6.45) is 5.39. The molecule has 7 heteroatoms. The van der Waals surface area contributed by atoms with Gasteiger partial charge < -0.3 is 4.57 Å². The van der Waals surface area contributed by atoms with Crippen molar-refractivity contribution in [2.75, 3.05) is 7.05 Å². The topological polar surface area (TPSA) is 50.5 Å². The van der Waals surface area contributed by atoms with E-state index >= 15 is 0 Å². The molecule has 0 aliphatic carbocycles. The summed E-state index contributed by atoms with van der Waals surface area (Å²) in [5.74, 6) is -0.0787. The Balaban J connectivity index is 1.94. The van der Waals surface area contributed by atoms with Gasteiger partial charge in [-0.3, -0.25) is 9.69 Å². The number of aryl methyl sites for hydroxylation is 1. The summed E-state index contributed by atoms with van der Waals surface area (Å²) >= 11 is 7.34. The van der Waals surface area contributed by atoms with Crippen LogP contribution in [0.2, 0.25) is 5.15 Å². The fourth-order valence-corrected chi connectivity index (χ4v) is 3.10. The molecule has 0 atom stereocenters. The number of pyridine rings is 1. The molecule has 112 valence electrons. The minimum Gasteiger partial charge on any atom is -0.351 e. The Kier molecular flexibility index (Phi) is 4.04. The monoisotopic (exact) mass is 332 g/mol. The zero-order valence-corrected chi connectivity index (χ0v) is 13.6. The molecule has 5 nitrogen and oxygen atoms in total. The average Bonchev–Trinajstić information content (AvgIpc) is 3.01. The van der Waals surface area contributed by atoms with Gasteiger partial charge in [-0.05, 0) is 42.1 Å². The van der Waals surface area contributed by atoms with Gasteiger partial charge in [0.1, 0.15) is 5.69 Å². The molecular formula is C15H13ClN4OS. The number of aliphatic imine (C=N–C) groups is 1. The largest absolute Gasteiger partial charge is 0.351 e. The van der Waals surface area contributed by atoms with Crippen LogP contribution in [0.4, 0.5) is 5.69 Å². The fraction of sp³-hybridized carbons (Fsp3) is 0.133. The van der Waals surface area contributed by atoms with Gasteiger partial charge >= 0.3 is 0 Å². The minimum absolute atomic E-state index is 0.0787. The number of rotatable bonds is 2. The van der Waals surface area contributed by atoms with E-state index < -0.39 is 0 Å². The van der Waals surface area contributed by atoms with Crippen LogP contribution in [-0.4, -0.2) is 32.6 Å². The Bertz CT molecular complexity index is 796. The molecule has 0 spiro atoms. The first-order valence-electron chi connectivity index (χ1n) is 6.54. The predicted molar refractivity (Wildman–Crippen MR) is 90.1 cm³/mol. The molecule has 0 unspecified atom stereocenters. The highest BCUT2D eigenvalue weighted by atomic mass is 35.5. The van der Waals surface area contributed by atoms with Crippen LogP contribution in [0.15, 0.2) is 46.6 Å². The molecule has 2 aromatic rings. The Morgan fingerprint density at radius 2 is 2.14 bits per heavy atom. The summed E-state index contributed by atoms with van der Waals surface area (Å²) in [6.45, 7) is 0. The number of likely N-dealkylation sites (N-methyl/N-ethyl adjacent to an activating group) is 1. The number of nitrogens with zero attached hydrogens (tertiary/aromatic N) is 4. The van der Waals surface area contributed by atoms with Crippen LogP contribution < -0.4 is 0 Å². The molecule has 3 heterocycles. The quantitative estimate of drug-likeness (QED) is 0.626. The second kappa shape index (κ2) is 5.98. The number of carbonyl (C=O) groups is 1. The number of hydrogen-bond donors (Lipinski definition) is 0. The van der Waals surface area contributed by atoms with Crippen molar-refractivity contribution in [1.29, 1.82) is 0 Å². The molecule has 1 aliphatic heterocycles. The smallest absolute Gasteiger partial charge is 0.266 e. The van der Waals surface area contributed by atoms with Crippen LogP contribution >= 0.6 is 23.4 Å². The van der Waals surface area contributed by atoms with Crippen LogP contribution in [0.1, 0.15) is 5.69 Å². The molecule has 3 rings (SSSR count). The van der Waals surface area contributed by atoms with Gasteiger partial charge in [0.15, 0.2) is 10.3 Å². The van der Waals surface area contributed by atoms with Crippen molar-refractivity contribution in [3.05, 3.63) is 52.4 Å². The molecule has 0 bridgehead atoms. The number of aromatic nitrogens is 2. The predicted octanol–water partition coefficient (Wildman–Crippen LogP) is 3.31. The van der Waals surface area contributed by atoms with E-state index in [0.717, 1.165) is 5.69 Å². The Labute approximate surface area is 137 Å². The van der Waals surface area contributed by atoms with Gasteiger partial charge in [0.25, 0.3) is 5.91 Å². The van der Waals surface area contributed by atoms with Crippen molar-refractivity contribution in [3.63, 3.8) is 0 Å². The molecule has 1 aliphatic rings. The molecule has 0 saturated carbocycles. The van der Waals surface area contributed by atoms with E-state index in [2.05, 4.69) is 9.98 Å². The lowest BCUT2D eigenvalue weighted by atomic mass is 10.3. The van der Waals surface area contributed by atoms with Crippen LogP contribution in [0.5, 0.6) is 0 Å². The second-order valence-corrected chi connectivity index (χ2v) is 6.09. The van der Waals surface area contributed by atoms with Gasteiger partial charge in [-0.15, -0.1) is 0 Å². The van der Waals surface area contributed by atoms with E-state index in [1.165, 1.54) is 16.7 Å². The molecule has 1 fully saturated rings. The molecule has 0 N–H and O–H groups in total. The second-order valence-electron chi connectivity index (χ2n) is 4.73. The van der Waals surface area contributed by atoms with Crippen molar-refractivity contribution in [3.8, 4) is 0 Å². The van der Waals surface area contributed by atoms with E-state index in [-0.39, 0.29) is 5.91 Å². The molecule has 1 saturated heterocycles. The first kappa shape index (κ1) is 14.9. The molecule has 22 heavy (non-hydrogen) atoms. The highest BCUT2D eigenvalue weighted by Gasteiger charge is 2.30. The first-order chi connectivity index (χ1) is 10.6. The number of carbonyl (C=O) groups excluding carboxylic acids is 1. The van der Waals surface area contributed by atoms with Crippen molar-refractivity contribution >= 4 is 46.2 Å². The van der Waals surface area contributed by atoms with Crippen molar-refractivity contribution in [2.24, 2.45) is 12.0 Å². The lowest BCUT2D eigenvalue weighted by Crippen LogP contribution is -2.23. The highest BCUT2D eigenvalue weighted by Crippen LogP contribution is 2.34. The maximum atomic E-state index is 12.3. The van der Waals surface area contributed by atoms with Crippen LogP contribution in [0, 0.1) is 0 Å². The molecule has 2 aromatic heterocycles. The normalized spacial score (nSPS) is 18.7. The van der Waals surface area contributed by atoms with Crippen LogP contribution in [0.25, 0.3) is 6.08 Å². The summed E-state index contributed by atoms with van der Waals surface area (Å²) in [6, 6.07) is 7.41. The summed E-state index contributed by atoms with van der Waals surface area (Å²) < 4.78 is 1.95. The van der Waals surface area contributed by atoms with Gasteiger partial charge in [0.2, 0.25) is 0 Å². The first-order valence-corrected chi connectivity index (χ1v) is 7.74. The van der Waals surface area contributed by atoms with Crippen molar-refractivity contribution in [1.82, 2.24) is 14.5 Å². The van der Waals surface area contributed by atoms with E-state index in [1.807, 2.05) is 36.0 Å². The number of amides is 1. The maximum Gasteiger partial charge on any atom is 0.266 e. The molecule has 0 radical (unpaired) electrons. The minimum atomic E-state index is -0.0787. The Morgan fingerprint density at radius 1 is 1.32 bits per heavy atom. The van der Waals surface area contributed by atoms with Gasteiger partial charge in [-0.25, -0.2) is 9.98 Å². The molecular weight excluding hydrogens is 320 g/mol. The Hall–Kier alpha value is -2.05. The third-order valence-corrected chi connectivity index (χ3v) is 4.57. The van der Waals surface area contributed by atoms with Gasteiger partial charge in [-0.2, -0.15) is 0 Å². The van der Waals surface area contributed by atoms with Crippen molar-refractivity contribution < 1.29 is 4.79 Å². The van der Waals surface area contributed by atoms with E-state index in [1.54, 1.807) is 25.4 Å². The van der Waals surface area contributed by atoms with E-state index in [4.69, 9.17) is 11.6 Å². The standard InChI is InChI=1S/C15H13ClN4OS/c1-19-8-4-5-10(19)9-12-14(21)20(2)15(22-12)18-11-6-3-7-17-13(11)16/h3-9H,1-2H3/b12-9+,18-15?. The number of amidine groups is 1. The third kappa shape index (κ3) is 2.80. The lowest BCUT2D eigenvalue weighted by molar-refractivity contribution is -0.121. The lowest BCUT2D eigenvalue weighted by Gasteiger charge is -2.07. The zero-order valence-electron chi connectivity index (χ0n) is 12.0. The maximum absolute atomic E-state index is 12.3. The van der Waals surface area contributed by atoms with Crippen molar-refractivity contribution in [2.45, 2.75) is 0 Å². The van der Waals surface area contributed by atoms with Crippen LogP contribution in [0.3, 0.4) is 0 Å². The summed E-state index contributed by atoms with van der Waals surface area (Å²) in [5, 5.41) is 0.900. The van der Waals surface area contributed by atoms with Gasteiger partial charge in [-0.1, -0.05) is 11.6 Å². The van der Waals surface area contributed by atoms with E-state index in [0.29, 0.717) is 20.9 Å². The fourth-order valence-electron chi connectivity index (χ4n) is 1.97. The number of halogens is 1. The number of thioether (sulfide) groups is 1. The Morgan fingerprint density at radius 3 is 2.82 bits per heavy atom. The number of hydrogen-bond acceptors (Lipinski definition) is 4.